The van der Waals surface area contributed by atoms with Crippen LogP contribution in [-0.4, -0.2) is 25.4 Å². The van der Waals surface area contributed by atoms with Crippen molar-refractivity contribution in [3.63, 3.8) is 0 Å². The van der Waals surface area contributed by atoms with E-state index in [4.69, 9.17) is 5.73 Å². The third-order valence-electron chi connectivity index (χ3n) is 2.90. The van der Waals surface area contributed by atoms with Crippen LogP contribution in [0, 0.1) is 5.82 Å². The van der Waals surface area contributed by atoms with E-state index in [1.54, 1.807) is 12.1 Å². The van der Waals surface area contributed by atoms with Crippen molar-refractivity contribution in [3.8, 4) is 0 Å². The molecule has 0 spiro atoms. The summed E-state index contributed by atoms with van der Waals surface area (Å²) in [6.45, 7) is 1.70. The number of benzene rings is 1. The molecule has 1 fully saturated rings. The molecule has 0 amide bonds. The van der Waals surface area contributed by atoms with E-state index in [0.29, 0.717) is 11.3 Å². The van der Waals surface area contributed by atoms with Gasteiger partial charge >= 0.3 is 0 Å². The molecule has 1 heterocycles. The first-order valence-corrected chi connectivity index (χ1v) is 5.50. The fraction of sp³-hybridized carbons (Fsp3) is 0.417. The van der Waals surface area contributed by atoms with Crippen LogP contribution in [0.5, 0.6) is 0 Å². The number of carbonyl (C=O) groups is 1. The lowest BCUT2D eigenvalue weighted by Gasteiger charge is -2.18. The number of rotatable bonds is 3. The Morgan fingerprint density at radius 1 is 1.38 bits per heavy atom. The topological polar surface area (TPSA) is 46.3 Å². The maximum atomic E-state index is 13.8. The van der Waals surface area contributed by atoms with E-state index in [1.165, 1.54) is 6.07 Å². The van der Waals surface area contributed by atoms with E-state index in [-0.39, 0.29) is 18.1 Å². The minimum atomic E-state index is -0.332. The zero-order valence-corrected chi connectivity index (χ0v) is 9.08. The van der Waals surface area contributed by atoms with Crippen LogP contribution in [0.4, 0.5) is 10.1 Å². The number of carbonyl (C=O) groups excluding carboxylic acids is 1. The Kier molecular flexibility index (Phi) is 3.19. The summed E-state index contributed by atoms with van der Waals surface area (Å²) in [7, 11) is 0. The van der Waals surface area contributed by atoms with E-state index >= 15 is 0 Å². The molecular weight excluding hydrogens is 207 g/mol. The number of ketones is 1. The number of hydrogen-bond donors (Lipinski definition) is 1. The molecule has 2 rings (SSSR count). The summed E-state index contributed by atoms with van der Waals surface area (Å²) in [6, 6.07) is 4.60. The standard InChI is InChI=1S/C12H15FN2O/c13-10-7-9(12(16)8-14)3-4-11(10)15-5-1-2-6-15/h3-4,7H,1-2,5-6,8,14H2. The molecule has 86 valence electrons. The van der Waals surface area contributed by atoms with Crippen molar-refractivity contribution in [1.82, 2.24) is 0 Å². The summed E-state index contributed by atoms with van der Waals surface area (Å²) in [5, 5.41) is 0. The predicted octanol–water partition coefficient (Wildman–Crippen LogP) is 1.57. The molecule has 1 aromatic carbocycles. The van der Waals surface area contributed by atoms with E-state index in [2.05, 4.69) is 0 Å². The van der Waals surface area contributed by atoms with Crippen LogP contribution >= 0.6 is 0 Å². The Morgan fingerprint density at radius 3 is 2.62 bits per heavy atom. The molecule has 1 aliphatic rings. The molecule has 0 unspecified atom stereocenters. The highest BCUT2D eigenvalue weighted by atomic mass is 19.1. The molecule has 4 heteroatoms. The van der Waals surface area contributed by atoms with Gasteiger partial charge in [-0.2, -0.15) is 0 Å². The quantitative estimate of drug-likeness (QED) is 0.789. The fourth-order valence-electron chi connectivity index (χ4n) is 2.01. The number of nitrogens with zero attached hydrogens (tertiary/aromatic N) is 1. The third-order valence-corrected chi connectivity index (χ3v) is 2.90. The van der Waals surface area contributed by atoms with Crippen LogP contribution in [0.15, 0.2) is 18.2 Å². The Labute approximate surface area is 94.0 Å². The molecule has 1 aliphatic heterocycles. The summed E-state index contributed by atoms with van der Waals surface area (Å²) in [6.07, 6.45) is 2.20. The van der Waals surface area contributed by atoms with E-state index in [1.807, 2.05) is 4.90 Å². The lowest BCUT2D eigenvalue weighted by molar-refractivity contribution is 0.100. The number of Topliss-reactive ketones (excluding diaryl/α,β-unsaturated/α-hetero) is 1. The van der Waals surface area contributed by atoms with Gasteiger partial charge in [0.05, 0.1) is 12.2 Å². The van der Waals surface area contributed by atoms with Gasteiger partial charge in [-0.25, -0.2) is 4.39 Å². The monoisotopic (exact) mass is 222 g/mol. The van der Waals surface area contributed by atoms with Crippen LogP contribution in [0.1, 0.15) is 23.2 Å². The Balaban J connectivity index is 2.25. The second kappa shape index (κ2) is 4.61. The second-order valence-electron chi connectivity index (χ2n) is 3.99. The van der Waals surface area contributed by atoms with Crippen molar-refractivity contribution in [2.45, 2.75) is 12.8 Å². The van der Waals surface area contributed by atoms with E-state index < -0.39 is 0 Å². The van der Waals surface area contributed by atoms with Crippen molar-refractivity contribution in [3.05, 3.63) is 29.6 Å². The summed E-state index contributed by atoms with van der Waals surface area (Å²) < 4.78 is 13.8. The number of nitrogens with two attached hydrogens (primary N) is 1. The van der Waals surface area contributed by atoms with Gasteiger partial charge in [-0.05, 0) is 31.0 Å². The van der Waals surface area contributed by atoms with E-state index in [0.717, 1.165) is 25.9 Å². The van der Waals surface area contributed by atoms with Crippen LogP contribution in [0.2, 0.25) is 0 Å². The van der Waals surface area contributed by atoms with Crippen LogP contribution in [0.3, 0.4) is 0 Å². The zero-order chi connectivity index (χ0) is 11.5. The van der Waals surface area contributed by atoms with Crippen LogP contribution < -0.4 is 10.6 Å². The SMILES string of the molecule is NCC(=O)c1ccc(N2CCCC2)c(F)c1. The fourth-order valence-corrected chi connectivity index (χ4v) is 2.01. The summed E-state index contributed by atoms with van der Waals surface area (Å²) in [5.74, 6) is -0.562. The normalized spacial score (nSPS) is 15.5. The highest BCUT2D eigenvalue weighted by Crippen LogP contribution is 2.24. The number of halogens is 1. The lowest BCUT2D eigenvalue weighted by Crippen LogP contribution is -2.20. The molecule has 0 atom stereocenters. The summed E-state index contributed by atoms with van der Waals surface area (Å²) in [5.41, 5.74) is 6.17. The Morgan fingerprint density at radius 2 is 2.06 bits per heavy atom. The van der Waals surface area contributed by atoms with Gasteiger partial charge < -0.3 is 10.6 Å². The number of anilines is 1. The zero-order valence-electron chi connectivity index (χ0n) is 9.08. The maximum Gasteiger partial charge on any atom is 0.176 e. The summed E-state index contributed by atoms with van der Waals surface area (Å²) in [4.78, 5) is 13.3. The molecule has 0 aromatic heterocycles. The highest BCUT2D eigenvalue weighted by molar-refractivity contribution is 5.97. The van der Waals surface area contributed by atoms with Crippen molar-refractivity contribution < 1.29 is 9.18 Å². The predicted molar refractivity (Wildman–Crippen MR) is 61.2 cm³/mol. The molecular formula is C12H15FN2O. The molecule has 0 aliphatic carbocycles. The molecule has 1 aromatic rings. The van der Waals surface area contributed by atoms with Gasteiger partial charge in [0.1, 0.15) is 5.82 Å². The first kappa shape index (κ1) is 11.1. The third kappa shape index (κ3) is 2.07. The van der Waals surface area contributed by atoms with Gasteiger partial charge in [-0.3, -0.25) is 4.79 Å². The minimum absolute atomic E-state index is 0.0809. The van der Waals surface area contributed by atoms with Gasteiger partial charge in [0, 0.05) is 18.7 Å². The van der Waals surface area contributed by atoms with Gasteiger partial charge in [-0.1, -0.05) is 0 Å². The first-order valence-electron chi connectivity index (χ1n) is 5.50. The molecule has 0 bridgehead atoms. The Hall–Kier alpha value is -1.42. The molecule has 0 radical (unpaired) electrons. The van der Waals surface area contributed by atoms with Crippen molar-refractivity contribution in [1.29, 1.82) is 0 Å². The van der Waals surface area contributed by atoms with Crippen molar-refractivity contribution in [2.24, 2.45) is 5.73 Å². The van der Waals surface area contributed by atoms with Gasteiger partial charge in [-0.15, -0.1) is 0 Å². The smallest absolute Gasteiger partial charge is 0.176 e. The molecule has 1 saturated heterocycles. The van der Waals surface area contributed by atoms with E-state index in [9.17, 15) is 9.18 Å². The number of hydrogen-bond acceptors (Lipinski definition) is 3. The van der Waals surface area contributed by atoms with Gasteiger partial charge in [0.15, 0.2) is 5.78 Å². The maximum absolute atomic E-state index is 13.8. The molecule has 0 saturated carbocycles. The van der Waals surface area contributed by atoms with Crippen LogP contribution in [-0.2, 0) is 0 Å². The van der Waals surface area contributed by atoms with Crippen molar-refractivity contribution >= 4 is 11.5 Å². The summed E-state index contributed by atoms with van der Waals surface area (Å²) >= 11 is 0. The average molecular weight is 222 g/mol. The van der Waals surface area contributed by atoms with Crippen molar-refractivity contribution in [2.75, 3.05) is 24.5 Å². The largest absolute Gasteiger partial charge is 0.369 e. The Bertz CT molecular complexity index is 400. The molecule has 3 nitrogen and oxygen atoms in total. The highest BCUT2D eigenvalue weighted by Gasteiger charge is 2.17. The van der Waals surface area contributed by atoms with Gasteiger partial charge in [0.2, 0.25) is 0 Å². The van der Waals surface area contributed by atoms with Crippen LogP contribution in [0.25, 0.3) is 0 Å². The molecule has 16 heavy (non-hydrogen) atoms. The average Bonchev–Trinajstić information content (AvgIpc) is 2.81. The molecule has 2 N–H and O–H groups in total. The van der Waals surface area contributed by atoms with Gasteiger partial charge in [0.25, 0.3) is 0 Å². The first-order chi connectivity index (χ1) is 7.72. The minimum Gasteiger partial charge on any atom is -0.369 e. The second-order valence-corrected chi connectivity index (χ2v) is 3.99. The lowest BCUT2D eigenvalue weighted by atomic mass is 10.1.